The van der Waals surface area contributed by atoms with E-state index < -0.39 is 0 Å². The van der Waals surface area contributed by atoms with Gasteiger partial charge in [-0.2, -0.15) is 0 Å². The van der Waals surface area contributed by atoms with Crippen molar-refractivity contribution in [1.82, 2.24) is 0 Å². The maximum absolute atomic E-state index is 2.68. The molecule has 2 aromatic rings. The second-order valence-electron chi connectivity index (χ2n) is 16.0. The summed E-state index contributed by atoms with van der Waals surface area (Å²) in [5.41, 5.74) is 14.9. The molecule has 3 unspecified atom stereocenters. The van der Waals surface area contributed by atoms with Gasteiger partial charge >= 0.3 is 26.2 Å². The minimum Gasteiger partial charge on any atom is -1.00 e. The van der Waals surface area contributed by atoms with Gasteiger partial charge in [0.1, 0.15) is 0 Å². The van der Waals surface area contributed by atoms with Crippen molar-refractivity contribution < 1.29 is 51.0 Å². The maximum atomic E-state index is 2.68. The van der Waals surface area contributed by atoms with E-state index >= 15 is 0 Å². The molecule has 1 fully saturated rings. The number of halogens is 2. The van der Waals surface area contributed by atoms with Crippen molar-refractivity contribution in [3.63, 3.8) is 0 Å². The smallest absolute Gasteiger partial charge is 1.00 e. The first-order valence-electron chi connectivity index (χ1n) is 14.9. The van der Waals surface area contributed by atoms with Crippen LogP contribution in [0.2, 0.25) is 0 Å². The minimum atomic E-state index is 0. The zero-order chi connectivity index (χ0) is 26.7. The molecule has 0 nitrogen and oxygen atoms in total. The maximum Gasteiger partial charge on any atom is 2.00 e. The van der Waals surface area contributed by atoms with Crippen LogP contribution in [-0.4, -0.2) is 0 Å². The van der Waals surface area contributed by atoms with Crippen molar-refractivity contribution in [2.75, 3.05) is 0 Å². The summed E-state index contributed by atoms with van der Waals surface area (Å²) in [6, 6.07) is 15.0. The Hall–Kier alpha value is -0.617. The van der Waals surface area contributed by atoms with E-state index in [1.54, 1.807) is 22.3 Å². The molecule has 0 aromatic heterocycles. The molecule has 0 spiro atoms. The topological polar surface area (TPSA) is 0 Å². The van der Waals surface area contributed by atoms with Crippen LogP contribution in [0.3, 0.4) is 0 Å². The van der Waals surface area contributed by atoms with Gasteiger partial charge < -0.3 is 24.8 Å². The molecule has 0 heterocycles. The Kier molecular flexibility index (Phi) is 9.17. The van der Waals surface area contributed by atoms with E-state index in [-0.39, 0.29) is 72.7 Å². The first-order valence-corrected chi connectivity index (χ1v) is 14.9. The molecule has 214 valence electrons. The first kappa shape index (κ1) is 33.9. The fourth-order valence-corrected chi connectivity index (χ4v) is 8.43. The SMILES string of the molecule is CC(C)(C)C1=CC2=C(C1)C1CCCC1C2(C)C1c2ccc(C(C)(C)C)cc2-c2cc(C(C)(C)C)ccc21.[Cl-].[Cl-].[Zr+2]. The summed E-state index contributed by atoms with van der Waals surface area (Å²) < 4.78 is 0. The van der Waals surface area contributed by atoms with Gasteiger partial charge in [0.15, 0.2) is 0 Å². The second-order valence-corrected chi connectivity index (χ2v) is 16.0. The molecule has 6 rings (SSSR count). The van der Waals surface area contributed by atoms with Gasteiger partial charge in [0.25, 0.3) is 0 Å². The van der Waals surface area contributed by atoms with E-state index in [0.717, 1.165) is 11.8 Å². The largest absolute Gasteiger partial charge is 2.00 e. The van der Waals surface area contributed by atoms with Gasteiger partial charge in [-0.1, -0.05) is 129 Å². The van der Waals surface area contributed by atoms with Crippen LogP contribution in [0.15, 0.2) is 59.2 Å². The van der Waals surface area contributed by atoms with Crippen molar-refractivity contribution in [2.45, 2.75) is 112 Å². The van der Waals surface area contributed by atoms with E-state index in [2.05, 4.69) is 112 Å². The summed E-state index contributed by atoms with van der Waals surface area (Å²) >= 11 is 0. The number of hydrogen-bond acceptors (Lipinski definition) is 0. The Morgan fingerprint density at radius 1 is 0.700 bits per heavy atom. The van der Waals surface area contributed by atoms with Gasteiger partial charge in [0, 0.05) is 11.3 Å². The van der Waals surface area contributed by atoms with Crippen LogP contribution in [-0.2, 0) is 37.0 Å². The molecule has 3 heteroatoms. The van der Waals surface area contributed by atoms with E-state index in [4.69, 9.17) is 0 Å². The summed E-state index contributed by atoms with van der Waals surface area (Å²) in [4.78, 5) is 0. The molecule has 0 aliphatic heterocycles. The number of rotatable bonds is 1. The average molecular weight is 655 g/mol. The summed E-state index contributed by atoms with van der Waals surface area (Å²) in [6.07, 6.45) is 8.06. The summed E-state index contributed by atoms with van der Waals surface area (Å²) in [6.45, 7) is 24.0. The van der Waals surface area contributed by atoms with Gasteiger partial charge in [-0.25, -0.2) is 0 Å². The van der Waals surface area contributed by atoms with Crippen molar-refractivity contribution in [2.24, 2.45) is 22.7 Å². The molecule has 4 aliphatic rings. The van der Waals surface area contributed by atoms with Gasteiger partial charge in [-0.3, -0.25) is 0 Å². The Bertz CT molecular complexity index is 1290. The average Bonchev–Trinajstić information content (AvgIpc) is 3.53. The van der Waals surface area contributed by atoms with Crippen molar-refractivity contribution in [3.05, 3.63) is 81.4 Å². The van der Waals surface area contributed by atoms with E-state index in [1.165, 1.54) is 47.9 Å². The van der Waals surface area contributed by atoms with E-state index in [1.807, 2.05) is 5.57 Å². The van der Waals surface area contributed by atoms with Crippen LogP contribution in [0, 0.1) is 22.7 Å². The van der Waals surface area contributed by atoms with Crippen molar-refractivity contribution >= 4 is 0 Å². The summed E-state index contributed by atoms with van der Waals surface area (Å²) in [5.74, 6) is 1.99. The normalized spacial score (nSPS) is 25.3. The molecule has 4 aliphatic carbocycles. The van der Waals surface area contributed by atoms with Gasteiger partial charge in [-0.05, 0) is 86.3 Å². The predicted octanol–water partition coefficient (Wildman–Crippen LogP) is 4.51. The number of fused-ring (bicyclic) bond motifs is 5. The van der Waals surface area contributed by atoms with E-state index in [9.17, 15) is 0 Å². The van der Waals surface area contributed by atoms with Gasteiger partial charge in [0.2, 0.25) is 0 Å². The molecule has 2 aromatic carbocycles. The van der Waals surface area contributed by atoms with Crippen LogP contribution in [0.1, 0.15) is 123 Å². The van der Waals surface area contributed by atoms with Crippen LogP contribution in [0.25, 0.3) is 11.1 Å². The Morgan fingerprint density at radius 2 is 1.20 bits per heavy atom. The van der Waals surface area contributed by atoms with Gasteiger partial charge in [0.05, 0.1) is 0 Å². The first-order chi connectivity index (χ1) is 17.1. The Labute approximate surface area is 276 Å². The number of hydrogen-bond donors (Lipinski definition) is 0. The third kappa shape index (κ3) is 5.01. The number of allylic oxidation sites excluding steroid dienone is 4. The zero-order valence-electron chi connectivity index (χ0n) is 26.4. The molecule has 0 bridgehead atoms. The molecule has 1 saturated carbocycles. The molecule has 3 atom stereocenters. The standard InChI is InChI=1S/C37H48.2ClH.Zr/c1-34(2,3)22-14-16-26-28(18-22)29-19-23(35(4,5)6)15-17-27(29)33(26)37(10)31-13-11-12-25(31)30-20-24(21-32(30)37)36(7,8)9;;;/h14-19,21,25,31,33H,11-13,20H2,1-10H3;2*1H;/q;;;+2/p-2. The molecular formula is C37H48Cl2Zr. The Balaban J connectivity index is 0.00000147. The predicted molar refractivity (Wildman–Crippen MR) is 159 cm³/mol. The fourth-order valence-electron chi connectivity index (χ4n) is 8.43. The number of benzene rings is 2. The second kappa shape index (κ2) is 10.8. The van der Waals surface area contributed by atoms with E-state index in [0.29, 0.717) is 5.92 Å². The molecular weight excluding hydrogens is 607 g/mol. The van der Waals surface area contributed by atoms with Crippen LogP contribution in [0.4, 0.5) is 0 Å². The summed E-state index contributed by atoms with van der Waals surface area (Å²) in [7, 11) is 0. The monoisotopic (exact) mass is 652 g/mol. The third-order valence-electron chi connectivity index (χ3n) is 10.7. The van der Waals surface area contributed by atoms with Crippen molar-refractivity contribution in [3.8, 4) is 11.1 Å². The summed E-state index contributed by atoms with van der Waals surface area (Å²) in [5, 5.41) is 0. The molecule has 0 N–H and O–H groups in total. The minimum absolute atomic E-state index is 0. The Morgan fingerprint density at radius 3 is 1.65 bits per heavy atom. The zero-order valence-corrected chi connectivity index (χ0v) is 30.3. The third-order valence-corrected chi connectivity index (χ3v) is 10.7. The van der Waals surface area contributed by atoms with Crippen LogP contribution in [0.5, 0.6) is 0 Å². The van der Waals surface area contributed by atoms with Crippen molar-refractivity contribution in [1.29, 1.82) is 0 Å². The fraction of sp³-hybridized carbons (Fsp3) is 0.568. The van der Waals surface area contributed by atoms with Crippen LogP contribution < -0.4 is 24.8 Å². The van der Waals surface area contributed by atoms with Crippen LogP contribution >= 0.6 is 0 Å². The quantitative estimate of drug-likeness (QED) is 0.425. The molecule has 0 saturated heterocycles. The van der Waals surface area contributed by atoms with Gasteiger partial charge in [-0.15, -0.1) is 0 Å². The molecule has 40 heavy (non-hydrogen) atoms. The molecule has 0 radical (unpaired) electrons. The molecule has 0 amide bonds.